The summed E-state index contributed by atoms with van der Waals surface area (Å²) in [6.07, 6.45) is 3.38. The summed E-state index contributed by atoms with van der Waals surface area (Å²) >= 11 is 3.17. The van der Waals surface area contributed by atoms with Gasteiger partial charge in [-0.3, -0.25) is 4.79 Å². The van der Waals surface area contributed by atoms with Crippen molar-refractivity contribution in [3.8, 4) is 0 Å². The summed E-state index contributed by atoms with van der Waals surface area (Å²) in [6, 6.07) is 1.40. The Morgan fingerprint density at radius 2 is 2.53 bits per heavy atom. The van der Waals surface area contributed by atoms with Gasteiger partial charge in [-0.25, -0.2) is 4.98 Å². The van der Waals surface area contributed by atoms with Gasteiger partial charge in [-0.05, 0) is 0 Å². The number of rotatable bonds is 6. The lowest BCUT2D eigenvalue weighted by atomic mass is 10.7. The molecule has 5 nitrogen and oxygen atoms in total. The molecule has 7 heteroatoms. The molecule has 0 aromatic carbocycles. The molecule has 0 aliphatic rings. The van der Waals surface area contributed by atoms with Crippen LogP contribution in [-0.2, 0) is 0 Å². The molecule has 0 spiro atoms. The molecule has 0 unspecified atom stereocenters. The molecule has 0 amide bonds. The third kappa shape index (κ3) is 3.07. The first-order valence-electron chi connectivity index (χ1n) is 5.08. The van der Waals surface area contributed by atoms with Crippen molar-refractivity contribution in [1.82, 2.24) is 14.6 Å². The summed E-state index contributed by atoms with van der Waals surface area (Å²) in [4.78, 5) is 16.1. The van der Waals surface area contributed by atoms with E-state index in [1.54, 1.807) is 11.8 Å². The Balaban J connectivity index is 1.98. The SMILES string of the molecule is C=CCSCCNc1nn2c(=O)ccnc2s1. The standard InChI is InChI=1S/C10H12N4OS2/c1-2-6-16-7-5-11-9-13-14-8(15)3-4-12-10(14)17-9/h2-4H,1,5-7H2,(H,11,13). The Bertz CT molecular complexity index is 563. The highest BCUT2D eigenvalue weighted by molar-refractivity contribution is 7.99. The molecule has 0 saturated carbocycles. The predicted molar refractivity (Wildman–Crippen MR) is 73.1 cm³/mol. The van der Waals surface area contributed by atoms with Gasteiger partial charge in [-0.1, -0.05) is 17.4 Å². The molecule has 1 N–H and O–H groups in total. The number of hydrogen-bond acceptors (Lipinski definition) is 6. The minimum atomic E-state index is -0.152. The first-order valence-corrected chi connectivity index (χ1v) is 7.06. The zero-order valence-corrected chi connectivity index (χ0v) is 10.8. The van der Waals surface area contributed by atoms with Crippen LogP contribution in [0.3, 0.4) is 0 Å². The van der Waals surface area contributed by atoms with Crippen LogP contribution in [-0.4, -0.2) is 32.6 Å². The lowest BCUT2D eigenvalue weighted by Crippen LogP contribution is -2.13. The molecule has 0 radical (unpaired) electrons. The number of aromatic nitrogens is 3. The highest BCUT2D eigenvalue weighted by Gasteiger charge is 2.04. The van der Waals surface area contributed by atoms with Gasteiger partial charge in [0, 0.05) is 30.3 Å². The fourth-order valence-corrected chi connectivity index (χ4v) is 2.59. The maximum absolute atomic E-state index is 11.4. The van der Waals surface area contributed by atoms with Crippen molar-refractivity contribution in [3.05, 3.63) is 35.3 Å². The van der Waals surface area contributed by atoms with Crippen molar-refractivity contribution in [1.29, 1.82) is 0 Å². The summed E-state index contributed by atoms with van der Waals surface area (Å²) in [5.41, 5.74) is -0.152. The van der Waals surface area contributed by atoms with E-state index in [4.69, 9.17) is 0 Å². The predicted octanol–water partition coefficient (Wildman–Crippen LogP) is 1.48. The Morgan fingerprint density at radius 3 is 3.29 bits per heavy atom. The number of nitrogens with zero attached hydrogens (tertiary/aromatic N) is 3. The van der Waals surface area contributed by atoms with Crippen LogP contribution in [0.4, 0.5) is 5.13 Å². The van der Waals surface area contributed by atoms with Crippen molar-refractivity contribution in [2.45, 2.75) is 0 Å². The number of thioether (sulfide) groups is 1. The van der Waals surface area contributed by atoms with Crippen molar-refractivity contribution in [2.75, 3.05) is 23.4 Å². The number of fused-ring (bicyclic) bond motifs is 1. The van der Waals surface area contributed by atoms with Crippen LogP contribution in [0.15, 0.2) is 29.7 Å². The molecule has 0 aliphatic heterocycles. The topological polar surface area (TPSA) is 59.3 Å². The third-order valence-electron chi connectivity index (χ3n) is 1.93. The van der Waals surface area contributed by atoms with Crippen LogP contribution in [0.5, 0.6) is 0 Å². The molecule has 2 rings (SSSR count). The van der Waals surface area contributed by atoms with Gasteiger partial charge < -0.3 is 5.32 Å². The second-order valence-corrected chi connectivity index (χ2v) is 5.28. The molecular formula is C10H12N4OS2. The smallest absolute Gasteiger partial charge is 0.275 e. The van der Waals surface area contributed by atoms with Crippen LogP contribution < -0.4 is 10.9 Å². The molecule has 0 saturated heterocycles. The summed E-state index contributed by atoms with van der Waals surface area (Å²) in [7, 11) is 0. The molecular weight excluding hydrogens is 256 g/mol. The van der Waals surface area contributed by atoms with Gasteiger partial charge in [0.05, 0.1) is 0 Å². The van der Waals surface area contributed by atoms with E-state index in [9.17, 15) is 4.79 Å². The van der Waals surface area contributed by atoms with E-state index in [1.165, 1.54) is 28.1 Å². The van der Waals surface area contributed by atoms with Crippen molar-refractivity contribution < 1.29 is 0 Å². The van der Waals surface area contributed by atoms with Gasteiger partial charge in [-0.2, -0.15) is 16.3 Å². The summed E-state index contributed by atoms with van der Waals surface area (Å²) < 4.78 is 1.31. The Labute approximate surface area is 107 Å². The molecule has 0 bridgehead atoms. The third-order valence-corrected chi connectivity index (χ3v) is 3.77. The van der Waals surface area contributed by atoms with E-state index in [-0.39, 0.29) is 5.56 Å². The van der Waals surface area contributed by atoms with Crippen LogP contribution in [0, 0.1) is 0 Å². The van der Waals surface area contributed by atoms with Crippen molar-refractivity contribution in [2.24, 2.45) is 0 Å². The first-order chi connectivity index (χ1) is 8.31. The van der Waals surface area contributed by atoms with Gasteiger partial charge >= 0.3 is 0 Å². The largest absolute Gasteiger partial charge is 0.359 e. The minimum Gasteiger partial charge on any atom is -0.359 e. The Kier molecular flexibility index (Phi) is 4.16. The quantitative estimate of drug-likeness (QED) is 0.635. The van der Waals surface area contributed by atoms with E-state index < -0.39 is 0 Å². The molecule has 2 aromatic rings. The molecule has 2 heterocycles. The maximum atomic E-state index is 11.4. The highest BCUT2D eigenvalue weighted by Crippen LogP contribution is 2.15. The van der Waals surface area contributed by atoms with E-state index in [1.807, 2.05) is 6.08 Å². The van der Waals surface area contributed by atoms with Gasteiger partial charge in [-0.15, -0.1) is 11.7 Å². The van der Waals surface area contributed by atoms with Crippen LogP contribution in [0.1, 0.15) is 0 Å². The van der Waals surface area contributed by atoms with Gasteiger partial charge in [0.2, 0.25) is 10.1 Å². The summed E-state index contributed by atoms with van der Waals surface area (Å²) in [6.45, 7) is 4.47. The average Bonchev–Trinajstić information content (AvgIpc) is 2.73. The lowest BCUT2D eigenvalue weighted by molar-refractivity contribution is 0.898. The normalized spacial score (nSPS) is 10.6. The fourth-order valence-electron chi connectivity index (χ4n) is 1.21. The summed E-state index contributed by atoms with van der Waals surface area (Å²) in [5, 5.41) is 8.04. The zero-order valence-electron chi connectivity index (χ0n) is 9.13. The van der Waals surface area contributed by atoms with Crippen molar-refractivity contribution >= 4 is 33.2 Å². The van der Waals surface area contributed by atoms with Gasteiger partial charge in [0.15, 0.2) is 0 Å². The van der Waals surface area contributed by atoms with E-state index in [0.717, 1.165) is 23.2 Å². The van der Waals surface area contributed by atoms with Gasteiger partial charge in [0.1, 0.15) is 0 Å². The highest BCUT2D eigenvalue weighted by atomic mass is 32.2. The summed E-state index contributed by atoms with van der Waals surface area (Å²) in [5.74, 6) is 1.92. The molecule has 2 aromatic heterocycles. The van der Waals surface area contributed by atoms with Crippen LogP contribution in [0.25, 0.3) is 4.96 Å². The van der Waals surface area contributed by atoms with Crippen molar-refractivity contribution in [3.63, 3.8) is 0 Å². The molecule has 90 valence electrons. The van der Waals surface area contributed by atoms with Crippen LogP contribution in [0.2, 0.25) is 0 Å². The van der Waals surface area contributed by atoms with E-state index in [2.05, 4.69) is 22.0 Å². The molecule has 0 atom stereocenters. The van der Waals surface area contributed by atoms with E-state index in [0.29, 0.717) is 4.96 Å². The lowest BCUT2D eigenvalue weighted by Gasteiger charge is -1.99. The average molecular weight is 268 g/mol. The molecule has 0 aliphatic carbocycles. The number of hydrogen-bond donors (Lipinski definition) is 1. The molecule has 0 fully saturated rings. The molecule has 17 heavy (non-hydrogen) atoms. The fraction of sp³-hybridized carbons (Fsp3) is 0.300. The van der Waals surface area contributed by atoms with Gasteiger partial charge in [0.25, 0.3) is 5.56 Å². The minimum absolute atomic E-state index is 0.152. The number of nitrogens with one attached hydrogen (secondary N) is 1. The second-order valence-electron chi connectivity index (χ2n) is 3.18. The first kappa shape index (κ1) is 12.1. The maximum Gasteiger partial charge on any atom is 0.275 e. The second kappa shape index (κ2) is 5.83. The number of anilines is 1. The Morgan fingerprint density at radius 1 is 1.65 bits per heavy atom. The van der Waals surface area contributed by atoms with E-state index >= 15 is 0 Å². The monoisotopic (exact) mass is 268 g/mol. The van der Waals surface area contributed by atoms with Crippen LogP contribution >= 0.6 is 23.1 Å². The zero-order chi connectivity index (χ0) is 12.1. The Hall–Kier alpha value is -1.34.